The zero-order valence-electron chi connectivity index (χ0n) is 9.72. The maximum atomic E-state index is 4.43. The number of fused-ring (bicyclic) bond motifs is 2. The molecule has 5 nitrogen and oxygen atoms in total. The molecule has 4 heterocycles. The van der Waals surface area contributed by atoms with E-state index in [1.165, 1.54) is 23.5 Å². The maximum absolute atomic E-state index is 4.43. The van der Waals surface area contributed by atoms with Gasteiger partial charge in [0.15, 0.2) is 0 Å². The van der Waals surface area contributed by atoms with Gasteiger partial charge in [-0.2, -0.15) is 0 Å². The van der Waals surface area contributed by atoms with Crippen molar-refractivity contribution in [2.45, 2.75) is 0 Å². The first kappa shape index (κ1) is 10.8. The van der Waals surface area contributed by atoms with E-state index in [0.717, 1.165) is 22.7 Å². The van der Waals surface area contributed by atoms with Crippen LogP contribution in [0, 0.1) is 0 Å². The predicted octanol–water partition coefficient (Wildman–Crippen LogP) is 1.82. The number of hydrogen-bond acceptors (Lipinski definition) is 5. The molecule has 0 aliphatic heterocycles. The minimum atomic E-state index is 0.835. The van der Waals surface area contributed by atoms with Crippen LogP contribution in [-0.2, 0) is 0 Å². The summed E-state index contributed by atoms with van der Waals surface area (Å²) in [6.45, 7) is 0. The lowest BCUT2D eigenvalue weighted by Gasteiger charge is -1.90. The molecule has 92 valence electrons. The van der Waals surface area contributed by atoms with Gasteiger partial charge in [-0.05, 0) is 24.3 Å². The zero-order chi connectivity index (χ0) is 12.7. The van der Waals surface area contributed by atoms with Gasteiger partial charge in [-0.15, -0.1) is 7.58 Å². The number of hydrogen-bond donors (Lipinski definition) is 1. The van der Waals surface area contributed by atoms with Crippen LogP contribution >= 0.6 is 23.5 Å². The van der Waals surface area contributed by atoms with Crippen LogP contribution in [0.3, 0.4) is 0 Å². The second kappa shape index (κ2) is 4.22. The molecule has 0 unspecified atom stereocenters. The molecule has 19 heavy (non-hydrogen) atoms. The van der Waals surface area contributed by atoms with E-state index in [9.17, 15) is 0 Å². The summed E-state index contributed by atoms with van der Waals surface area (Å²) in [4.78, 5) is 0. The van der Waals surface area contributed by atoms with Crippen LogP contribution in [0.1, 0.15) is 0 Å². The molecule has 1 N–H and O–H groups in total. The quantitative estimate of drug-likeness (QED) is 0.572. The fourth-order valence-electron chi connectivity index (χ4n) is 1.91. The summed E-state index contributed by atoms with van der Waals surface area (Å²) in [5.41, 5.74) is 2.10. The van der Waals surface area contributed by atoms with Crippen LogP contribution in [0.2, 0.25) is 0 Å². The molecule has 0 radical (unpaired) electrons. The van der Waals surface area contributed by atoms with Gasteiger partial charge in [0.05, 0.1) is 0 Å². The topological polar surface area (TPSA) is 46.0 Å². The van der Waals surface area contributed by atoms with Crippen LogP contribution in [0.25, 0.3) is 11.0 Å². The first-order chi connectivity index (χ1) is 9.42. The fourth-order valence-corrected chi connectivity index (χ4v) is 3.25. The van der Waals surface area contributed by atoms with Crippen LogP contribution in [-0.4, -0.2) is 8.75 Å². The highest BCUT2D eigenvalue weighted by Gasteiger charge is 2.21. The Morgan fingerprint density at radius 2 is 1.32 bits per heavy atom. The van der Waals surface area contributed by atoms with Crippen LogP contribution in [0.4, 0.5) is 11.6 Å². The van der Waals surface area contributed by atoms with Gasteiger partial charge in [0.25, 0.3) is 23.5 Å². The Morgan fingerprint density at radius 1 is 0.789 bits per heavy atom. The van der Waals surface area contributed by atoms with E-state index in [4.69, 9.17) is 0 Å². The van der Waals surface area contributed by atoms with E-state index >= 15 is 0 Å². The first-order valence-corrected chi connectivity index (χ1v) is 7.18. The Balaban J connectivity index is 1.82. The second-order valence-corrected chi connectivity index (χ2v) is 5.47. The molecule has 0 fully saturated rings. The molecular formula is C12H9N5S2+2. The molecule has 0 atom stereocenters. The van der Waals surface area contributed by atoms with Crippen molar-refractivity contribution in [1.82, 2.24) is 8.75 Å². The molecule has 4 rings (SSSR count). The van der Waals surface area contributed by atoms with Gasteiger partial charge >= 0.3 is 11.6 Å². The van der Waals surface area contributed by atoms with Gasteiger partial charge in [-0.25, -0.2) is 0 Å². The van der Waals surface area contributed by atoms with E-state index in [1.54, 1.807) is 0 Å². The summed E-state index contributed by atoms with van der Waals surface area (Å²) >= 11 is 2.83. The van der Waals surface area contributed by atoms with E-state index in [0.29, 0.717) is 0 Å². The molecule has 7 heteroatoms. The molecule has 0 aliphatic carbocycles. The fraction of sp³-hybridized carbons (Fsp3) is 0. The third-order valence-corrected chi connectivity index (χ3v) is 4.33. The van der Waals surface area contributed by atoms with Crippen molar-refractivity contribution in [3.63, 3.8) is 0 Å². The number of pyridine rings is 2. The van der Waals surface area contributed by atoms with Gasteiger partial charge in [0.1, 0.15) is 12.4 Å². The summed E-state index contributed by atoms with van der Waals surface area (Å²) in [7, 11) is 0. The molecule has 0 saturated carbocycles. The molecule has 0 spiro atoms. The number of nitrogens with one attached hydrogen (secondary N) is 1. The lowest BCUT2D eigenvalue weighted by atomic mass is 10.4. The monoisotopic (exact) mass is 287 g/mol. The maximum Gasteiger partial charge on any atom is 0.311 e. The van der Waals surface area contributed by atoms with Crippen molar-refractivity contribution in [2.24, 2.45) is 0 Å². The molecule has 4 aromatic heterocycles. The molecular weight excluding hydrogens is 278 g/mol. The van der Waals surface area contributed by atoms with E-state index in [-0.39, 0.29) is 0 Å². The predicted molar refractivity (Wildman–Crippen MR) is 73.8 cm³/mol. The minimum Gasteiger partial charge on any atom is -0.273 e. The molecule has 0 amide bonds. The van der Waals surface area contributed by atoms with E-state index < -0.39 is 0 Å². The molecule has 0 bridgehead atoms. The van der Waals surface area contributed by atoms with Gasteiger partial charge < -0.3 is 0 Å². The number of aromatic nitrogens is 4. The third kappa shape index (κ3) is 1.74. The van der Waals surface area contributed by atoms with Crippen molar-refractivity contribution in [2.75, 3.05) is 5.32 Å². The van der Waals surface area contributed by atoms with Crippen molar-refractivity contribution in [1.29, 1.82) is 0 Å². The Morgan fingerprint density at radius 3 is 1.84 bits per heavy atom. The SMILES string of the molecule is c1cc[n+]2snc(Nc3ns[n+]4ccccc34)c2c1. The van der Waals surface area contributed by atoms with Crippen molar-refractivity contribution in [3.8, 4) is 0 Å². The summed E-state index contributed by atoms with van der Waals surface area (Å²) in [5.74, 6) is 1.67. The normalized spacial score (nSPS) is 11.2. The number of anilines is 2. The smallest absolute Gasteiger partial charge is 0.273 e. The highest BCUT2D eigenvalue weighted by molar-refractivity contribution is 6.95. The minimum absolute atomic E-state index is 0.835. The van der Waals surface area contributed by atoms with Crippen LogP contribution in [0.5, 0.6) is 0 Å². The summed E-state index contributed by atoms with van der Waals surface area (Å²) in [5, 5.41) is 3.31. The standard InChI is InChI=1S/C12H9N5S2/c1-3-7-16-9(5-1)11(14-18-16)13-12-10-6-2-4-8-17(10)19-15-12/h1-8H,(H,13,14,15)/q+2. The summed E-state index contributed by atoms with van der Waals surface area (Å²) in [6, 6.07) is 12.1. The first-order valence-electron chi connectivity index (χ1n) is 5.72. The zero-order valence-corrected chi connectivity index (χ0v) is 11.4. The highest BCUT2D eigenvalue weighted by atomic mass is 32.1. The van der Waals surface area contributed by atoms with Crippen LogP contribution in [0.15, 0.2) is 48.8 Å². The largest absolute Gasteiger partial charge is 0.311 e. The Kier molecular flexibility index (Phi) is 2.39. The summed E-state index contributed by atoms with van der Waals surface area (Å²) in [6.07, 6.45) is 3.98. The highest BCUT2D eigenvalue weighted by Crippen LogP contribution is 2.20. The number of nitrogens with zero attached hydrogens (tertiary/aromatic N) is 4. The molecule has 0 saturated heterocycles. The van der Waals surface area contributed by atoms with Gasteiger partial charge in [0, 0.05) is 8.75 Å². The van der Waals surface area contributed by atoms with E-state index in [1.807, 2.05) is 56.4 Å². The van der Waals surface area contributed by atoms with E-state index in [2.05, 4.69) is 14.1 Å². The second-order valence-electron chi connectivity index (χ2n) is 3.99. The molecule has 0 aliphatic rings. The molecule has 0 aromatic carbocycles. The van der Waals surface area contributed by atoms with Crippen molar-refractivity contribution >= 4 is 46.1 Å². The Labute approximate surface area is 117 Å². The number of rotatable bonds is 2. The van der Waals surface area contributed by atoms with Crippen molar-refractivity contribution < 1.29 is 7.58 Å². The third-order valence-electron chi connectivity index (χ3n) is 2.81. The van der Waals surface area contributed by atoms with Crippen LogP contribution < -0.4 is 12.9 Å². The summed E-state index contributed by atoms with van der Waals surface area (Å²) < 4.78 is 12.9. The molecule has 4 aromatic rings. The Hall–Kier alpha value is -2.12. The lowest BCUT2D eigenvalue weighted by Crippen LogP contribution is -2.14. The van der Waals surface area contributed by atoms with Gasteiger partial charge in [-0.3, -0.25) is 5.32 Å². The average molecular weight is 287 g/mol. The lowest BCUT2D eigenvalue weighted by molar-refractivity contribution is -0.432. The van der Waals surface area contributed by atoms with Gasteiger partial charge in [-0.1, -0.05) is 12.1 Å². The average Bonchev–Trinajstić information content (AvgIpc) is 3.05. The van der Waals surface area contributed by atoms with Gasteiger partial charge in [0.2, 0.25) is 11.0 Å². The van der Waals surface area contributed by atoms with Crippen molar-refractivity contribution in [3.05, 3.63) is 48.8 Å². The Bertz CT molecular complexity index is 794.